The van der Waals surface area contributed by atoms with Crippen LogP contribution in [0.5, 0.6) is 11.6 Å². The van der Waals surface area contributed by atoms with Gasteiger partial charge in [-0.3, -0.25) is 4.79 Å². The van der Waals surface area contributed by atoms with E-state index in [-0.39, 0.29) is 46.5 Å². The van der Waals surface area contributed by atoms with E-state index in [4.69, 9.17) is 26.2 Å². The van der Waals surface area contributed by atoms with Gasteiger partial charge in [0.05, 0.1) is 24.1 Å². The molecule has 0 bridgehead atoms. The predicted molar refractivity (Wildman–Crippen MR) is 136 cm³/mol. The third-order valence-corrected chi connectivity index (χ3v) is 7.15. The molecule has 216 valence electrons. The van der Waals surface area contributed by atoms with E-state index < -0.39 is 58.7 Å². The number of carboxylic acids is 1. The molecule has 5 rings (SSSR count). The molecule has 1 saturated carbocycles. The van der Waals surface area contributed by atoms with E-state index in [2.05, 4.69) is 15.0 Å². The largest absolute Gasteiger partial charge is 0.494 e. The van der Waals surface area contributed by atoms with Gasteiger partial charge in [0.25, 0.3) is 0 Å². The molecule has 2 aromatic heterocycles. The summed E-state index contributed by atoms with van der Waals surface area (Å²) in [7, 11) is 0. The first kappa shape index (κ1) is 28.5. The molecule has 1 N–H and O–H groups in total. The van der Waals surface area contributed by atoms with E-state index >= 15 is 0 Å². The van der Waals surface area contributed by atoms with Crippen LogP contribution in [0.3, 0.4) is 0 Å². The Kier molecular flexibility index (Phi) is 7.49. The summed E-state index contributed by atoms with van der Waals surface area (Å²) in [6.45, 7) is 2.66. The summed E-state index contributed by atoms with van der Waals surface area (Å²) in [6, 6.07) is 4.44. The van der Waals surface area contributed by atoms with Gasteiger partial charge < -0.3 is 19.1 Å². The molecule has 41 heavy (non-hydrogen) atoms. The molecule has 1 unspecified atom stereocenters. The Balaban J connectivity index is 1.59. The van der Waals surface area contributed by atoms with Gasteiger partial charge in [-0.15, -0.1) is 0 Å². The monoisotopic (exact) mass is 596 g/mol. The number of hydrogen-bond donors (Lipinski definition) is 1. The van der Waals surface area contributed by atoms with Crippen molar-refractivity contribution in [2.45, 2.75) is 45.3 Å². The summed E-state index contributed by atoms with van der Waals surface area (Å²) in [6.07, 6.45) is 2.90. The van der Waals surface area contributed by atoms with E-state index in [0.717, 1.165) is 23.7 Å². The summed E-state index contributed by atoms with van der Waals surface area (Å²) in [4.78, 5) is 23.8. The SMILES string of the molecule is CC(CCOc1ccc(-c2nc3c(OC4(C)CC4)ncnc3n2Cc2c(F)c(F)c(F)c(F)c2F)c(Cl)c1)C(=O)O. The third-order valence-electron chi connectivity index (χ3n) is 6.84. The zero-order valence-electron chi connectivity index (χ0n) is 21.7. The lowest BCUT2D eigenvalue weighted by molar-refractivity contribution is -0.141. The van der Waals surface area contributed by atoms with Crippen LogP contribution < -0.4 is 9.47 Å². The lowest BCUT2D eigenvalue weighted by atomic mass is 10.1. The van der Waals surface area contributed by atoms with E-state index in [1.165, 1.54) is 18.2 Å². The van der Waals surface area contributed by atoms with Gasteiger partial charge in [-0.25, -0.2) is 31.9 Å². The lowest BCUT2D eigenvalue weighted by Crippen LogP contribution is -2.14. The van der Waals surface area contributed by atoms with Gasteiger partial charge in [0.1, 0.15) is 23.5 Å². The smallest absolute Gasteiger partial charge is 0.306 e. The number of hydrogen-bond acceptors (Lipinski definition) is 6. The van der Waals surface area contributed by atoms with Gasteiger partial charge in [-0.1, -0.05) is 18.5 Å². The number of aliphatic carboxylic acids is 1. The second-order valence-electron chi connectivity index (χ2n) is 9.99. The summed E-state index contributed by atoms with van der Waals surface area (Å²) in [5.74, 6) is -11.6. The Morgan fingerprint density at radius 1 is 1.10 bits per heavy atom. The molecule has 2 heterocycles. The number of nitrogens with zero attached hydrogens (tertiary/aromatic N) is 4. The molecular formula is C27H22ClF5N4O4. The first-order valence-corrected chi connectivity index (χ1v) is 12.8. The maximum absolute atomic E-state index is 14.7. The van der Waals surface area contributed by atoms with Crippen molar-refractivity contribution in [1.82, 2.24) is 19.5 Å². The van der Waals surface area contributed by atoms with Crippen LogP contribution in [-0.4, -0.2) is 42.8 Å². The number of aromatic nitrogens is 4. The molecule has 14 heteroatoms. The molecule has 0 aliphatic heterocycles. The minimum atomic E-state index is -2.27. The summed E-state index contributed by atoms with van der Waals surface area (Å²) in [5, 5.41) is 9.11. The summed E-state index contributed by atoms with van der Waals surface area (Å²) >= 11 is 6.54. The Bertz CT molecular complexity index is 1650. The number of carboxylic acid groups (broad SMARTS) is 1. The molecule has 4 aromatic rings. The molecule has 1 aliphatic carbocycles. The van der Waals surface area contributed by atoms with Crippen molar-refractivity contribution in [3.8, 4) is 23.0 Å². The van der Waals surface area contributed by atoms with Gasteiger partial charge in [-0.2, -0.15) is 4.98 Å². The van der Waals surface area contributed by atoms with Crippen LogP contribution in [0.2, 0.25) is 5.02 Å². The Morgan fingerprint density at radius 2 is 1.76 bits per heavy atom. The number of benzene rings is 2. The molecule has 8 nitrogen and oxygen atoms in total. The van der Waals surface area contributed by atoms with E-state index in [1.54, 1.807) is 6.92 Å². The van der Waals surface area contributed by atoms with Crippen LogP contribution in [0, 0.1) is 35.0 Å². The number of ether oxygens (including phenoxy) is 2. The highest BCUT2D eigenvalue weighted by molar-refractivity contribution is 6.33. The number of fused-ring (bicyclic) bond motifs is 1. The van der Waals surface area contributed by atoms with Crippen molar-refractivity contribution in [2.75, 3.05) is 6.61 Å². The second-order valence-corrected chi connectivity index (χ2v) is 10.4. The standard InChI is InChI=1S/C27H22ClF5N4O4/c1-12(26(38)39)5-8-40-13-3-4-14(16(28)9-13)23-36-22-24(34-11-35-25(22)41-27(2)6-7-27)37(23)10-15-17(29)19(31)21(33)20(32)18(15)30/h3-4,9,11-12H,5-8,10H2,1-2H3,(H,38,39). The number of imidazole rings is 1. The topological polar surface area (TPSA) is 99.4 Å². The Morgan fingerprint density at radius 3 is 2.37 bits per heavy atom. The van der Waals surface area contributed by atoms with Crippen molar-refractivity contribution in [1.29, 1.82) is 0 Å². The Labute approximate surface area is 234 Å². The van der Waals surface area contributed by atoms with Crippen molar-refractivity contribution < 1.29 is 41.3 Å². The van der Waals surface area contributed by atoms with Gasteiger partial charge in [0.2, 0.25) is 11.7 Å². The lowest BCUT2D eigenvalue weighted by Gasteiger charge is -2.14. The zero-order chi connectivity index (χ0) is 29.6. The van der Waals surface area contributed by atoms with Crippen LogP contribution in [0.1, 0.15) is 38.7 Å². The molecule has 0 amide bonds. The molecular weight excluding hydrogens is 575 g/mol. The number of carbonyl (C=O) groups is 1. The van der Waals surface area contributed by atoms with Gasteiger partial charge in [0.15, 0.2) is 34.4 Å². The van der Waals surface area contributed by atoms with E-state index in [0.29, 0.717) is 5.75 Å². The van der Waals surface area contributed by atoms with Crippen molar-refractivity contribution in [3.05, 3.63) is 64.2 Å². The Hall–Kier alpha value is -4.00. The predicted octanol–water partition coefficient (Wildman–Crippen LogP) is 6.31. The minimum absolute atomic E-state index is 0.00806. The highest BCUT2D eigenvalue weighted by Crippen LogP contribution is 2.41. The molecule has 1 aliphatic rings. The van der Waals surface area contributed by atoms with Crippen LogP contribution in [0.4, 0.5) is 22.0 Å². The van der Waals surface area contributed by atoms with E-state index in [9.17, 15) is 26.7 Å². The van der Waals surface area contributed by atoms with Crippen LogP contribution in [0.15, 0.2) is 24.5 Å². The highest BCUT2D eigenvalue weighted by atomic mass is 35.5. The zero-order valence-corrected chi connectivity index (χ0v) is 22.4. The number of halogens is 6. The van der Waals surface area contributed by atoms with Crippen LogP contribution >= 0.6 is 11.6 Å². The average Bonchev–Trinajstić information content (AvgIpc) is 3.55. The fourth-order valence-electron chi connectivity index (χ4n) is 4.05. The molecule has 0 spiro atoms. The summed E-state index contributed by atoms with van der Waals surface area (Å²) < 4.78 is 83.9. The summed E-state index contributed by atoms with van der Waals surface area (Å²) in [5.41, 5.74) is -1.25. The first-order valence-electron chi connectivity index (χ1n) is 12.5. The first-order chi connectivity index (χ1) is 19.4. The highest BCUT2D eigenvalue weighted by Gasteiger charge is 2.41. The average molecular weight is 597 g/mol. The maximum Gasteiger partial charge on any atom is 0.306 e. The van der Waals surface area contributed by atoms with Gasteiger partial charge >= 0.3 is 5.97 Å². The number of rotatable bonds is 10. The normalized spacial score (nSPS) is 14.7. The van der Waals surface area contributed by atoms with Crippen LogP contribution in [-0.2, 0) is 11.3 Å². The fraction of sp³-hybridized carbons (Fsp3) is 0.333. The molecule has 0 radical (unpaired) electrons. The molecule has 2 aromatic carbocycles. The fourth-order valence-corrected chi connectivity index (χ4v) is 4.30. The van der Waals surface area contributed by atoms with Crippen molar-refractivity contribution in [2.24, 2.45) is 5.92 Å². The minimum Gasteiger partial charge on any atom is -0.494 e. The third kappa shape index (κ3) is 5.50. The maximum atomic E-state index is 14.7. The quantitative estimate of drug-likeness (QED) is 0.130. The van der Waals surface area contributed by atoms with Gasteiger partial charge in [-0.05, 0) is 44.4 Å². The van der Waals surface area contributed by atoms with Crippen LogP contribution in [0.25, 0.3) is 22.6 Å². The second kappa shape index (κ2) is 10.8. The molecule has 1 fully saturated rings. The molecule has 1 atom stereocenters. The van der Waals surface area contributed by atoms with E-state index in [1.807, 2.05) is 6.92 Å². The molecule has 0 saturated heterocycles. The van der Waals surface area contributed by atoms with Gasteiger partial charge in [0, 0.05) is 11.1 Å². The van der Waals surface area contributed by atoms with Crippen molar-refractivity contribution in [3.63, 3.8) is 0 Å². The van der Waals surface area contributed by atoms with Crippen molar-refractivity contribution >= 4 is 28.7 Å².